The molecule has 1 fully saturated rings. The van der Waals surface area contributed by atoms with E-state index in [9.17, 15) is 14.9 Å². The fraction of sp³-hybridized carbons (Fsp3) is 0.400. The molecule has 1 aromatic heterocycles. The summed E-state index contributed by atoms with van der Waals surface area (Å²) < 4.78 is 5.15. The highest BCUT2D eigenvalue weighted by atomic mass is 16.6. The van der Waals surface area contributed by atoms with Crippen molar-refractivity contribution in [2.45, 2.75) is 12.5 Å². The van der Waals surface area contributed by atoms with E-state index in [-0.39, 0.29) is 11.6 Å². The van der Waals surface area contributed by atoms with Gasteiger partial charge in [0.15, 0.2) is 0 Å². The van der Waals surface area contributed by atoms with Gasteiger partial charge < -0.3 is 15.2 Å². The number of ether oxygens (including phenoxy) is 1. The molecular formula is C10H11N3O5. The van der Waals surface area contributed by atoms with Crippen LogP contribution in [0.25, 0.3) is 0 Å². The molecule has 2 N–H and O–H groups in total. The number of carboxylic acid groups (broad SMARTS) is 1. The van der Waals surface area contributed by atoms with Gasteiger partial charge in [0.2, 0.25) is 0 Å². The first-order valence-corrected chi connectivity index (χ1v) is 5.30. The molecule has 0 radical (unpaired) electrons. The average molecular weight is 253 g/mol. The molecule has 8 nitrogen and oxygen atoms in total. The lowest BCUT2D eigenvalue weighted by Crippen LogP contribution is -2.20. The van der Waals surface area contributed by atoms with Gasteiger partial charge >= 0.3 is 11.7 Å². The van der Waals surface area contributed by atoms with Crippen molar-refractivity contribution in [3.05, 3.63) is 27.9 Å². The van der Waals surface area contributed by atoms with Gasteiger partial charge in [-0.1, -0.05) is 0 Å². The second kappa shape index (κ2) is 4.96. The molecule has 2 rings (SSSR count). The van der Waals surface area contributed by atoms with Crippen LogP contribution in [0.2, 0.25) is 0 Å². The van der Waals surface area contributed by atoms with Crippen LogP contribution in [0.15, 0.2) is 12.3 Å². The predicted molar refractivity (Wildman–Crippen MR) is 60.7 cm³/mol. The molecule has 1 atom stereocenters. The minimum Gasteiger partial charge on any atom is -0.477 e. The third kappa shape index (κ3) is 2.54. The van der Waals surface area contributed by atoms with Crippen LogP contribution in [-0.4, -0.2) is 40.2 Å². The van der Waals surface area contributed by atoms with E-state index in [1.54, 1.807) is 0 Å². The minimum atomic E-state index is -1.35. The summed E-state index contributed by atoms with van der Waals surface area (Å²) in [6.07, 6.45) is 1.74. The molecule has 1 aromatic rings. The van der Waals surface area contributed by atoms with Crippen LogP contribution in [0.3, 0.4) is 0 Å². The van der Waals surface area contributed by atoms with E-state index in [2.05, 4.69) is 10.3 Å². The van der Waals surface area contributed by atoms with Gasteiger partial charge in [0.05, 0.1) is 17.6 Å². The summed E-state index contributed by atoms with van der Waals surface area (Å²) in [6.45, 7) is 1.15. The highest BCUT2D eigenvalue weighted by Gasteiger charge is 2.22. The number of rotatable bonds is 4. The zero-order valence-electron chi connectivity index (χ0n) is 9.33. The van der Waals surface area contributed by atoms with Crippen molar-refractivity contribution >= 4 is 17.5 Å². The molecule has 8 heteroatoms. The summed E-state index contributed by atoms with van der Waals surface area (Å²) in [7, 11) is 0. The van der Waals surface area contributed by atoms with Crippen LogP contribution in [0.1, 0.15) is 16.8 Å². The number of carboxylic acids is 1. The Hall–Kier alpha value is -2.22. The number of hydrogen-bond donors (Lipinski definition) is 2. The van der Waals surface area contributed by atoms with Gasteiger partial charge in [-0.15, -0.1) is 0 Å². The first-order chi connectivity index (χ1) is 8.58. The fourth-order valence-electron chi connectivity index (χ4n) is 1.70. The topological polar surface area (TPSA) is 115 Å². The third-order valence-electron chi connectivity index (χ3n) is 2.59. The molecule has 0 bridgehead atoms. The van der Waals surface area contributed by atoms with Crippen molar-refractivity contribution < 1.29 is 19.6 Å². The van der Waals surface area contributed by atoms with Crippen molar-refractivity contribution in [1.29, 1.82) is 0 Å². The number of nitrogens with one attached hydrogen (secondary N) is 1. The summed E-state index contributed by atoms with van der Waals surface area (Å²) in [4.78, 5) is 24.6. The molecule has 96 valence electrons. The first-order valence-electron chi connectivity index (χ1n) is 5.30. The monoisotopic (exact) mass is 253 g/mol. The summed E-state index contributed by atoms with van der Waals surface area (Å²) in [5.41, 5.74) is -0.896. The Morgan fingerprint density at radius 3 is 3.00 bits per heavy atom. The Morgan fingerprint density at radius 1 is 1.67 bits per heavy atom. The molecule has 0 saturated carbocycles. The quantitative estimate of drug-likeness (QED) is 0.604. The SMILES string of the molecule is O=C(O)c1cc(NC2CCOC2)ncc1[N+](=O)[O-]. The maximum atomic E-state index is 10.9. The second-order valence-corrected chi connectivity index (χ2v) is 3.85. The molecule has 1 saturated heterocycles. The van der Waals surface area contributed by atoms with Gasteiger partial charge in [0, 0.05) is 12.7 Å². The van der Waals surface area contributed by atoms with Crippen LogP contribution in [0.4, 0.5) is 11.5 Å². The molecule has 1 aliphatic rings. The number of pyridine rings is 1. The van der Waals surface area contributed by atoms with Gasteiger partial charge in [0.25, 0.3) is 0 Å². The van der Waals surface area contributed by atoms with Crippen LogP contribution in [-0.2, 0) is 4.74 Å². The standard InChI is InChI=1S/C10H11N3O5/c14-10(15)7-3-9(11-4-8(7)13(16)17)12-6-1-2-18-5-6/h3-4,6H,1-2,5H2,(H,11,12)(H,14,15). The van der Waals surface area contributed by atoms with Gasteiger partial charge in [-0.2, -0.15) is 0 Å². The third-order valence-corrected chi connectivity index (χ3v) is 2.59. The number of hydrogen-bond acceptors (Lipinski definition) is 6. The zero-order valence-corrected chi connectivity index (χ0v) is 9.33. The van der Waals surface area contributed by atoms with Crippen molar-refractivity contribution in [3.63, 3.8) is 0 Å². The molecule has 1 aliphatic heterocycles. The number of nitrogens with zero attached hydrogens (tertiary/aromatic N) is 2. The fourth-order valence-corrected chi connectivity index (χ4v) is 1.70. The van der Waals surface area contributed by atoms with E-state index in [0.717, 1.165) is 12.6 Å². The van der Waals surface area contributed by atoms with E-state index < -0.39 is 16.6 Å². The van der Waals surface area contributed by atoms with Crippen LogP contribution < -0.4 is 5.32 Å². The van der Waals surface area contributed by atoms with Crippen molar-refractivity contribution in [2.24, 2.45) is 0 Å². The number of anilines is 1. The Morgan fingerprint density at radius 2 is 2.44 bits per heavy atom. The molecule has 0 amide bonds. The summed E-state index contributed by atoms with van der Waals surface area (Å²) in [6, 6.07) is 1.22. The van der Waals surface area contributed by atoms with Crippen molar-refractivity contribution in [1.82, 2.24) is 4.98 Å². The van der Waals surface area contributed by atoms with Crippen LogP contribution in [0.5, 0.6) is 0 Å². The van der Waals surface area contributed by atoms with Crippen LogP contribution in [0, 0.1) is 10.1 Å². The molecule has 1 unspecified atom stereocenters. The molecule has 0 aromatic carbocycles. The minimum absolute atomic E-state index is 0.0561. The van der Waals surface area contributed by atoms with Crippen molar-refractivity contribution in [2.75, 3.05) is 18.5 Å². The second-order valence-electron chi connectivity index (χ2n) is 3.85. The zero-order chi connectivity index (χ0) is 13.1. The van der Waals surface area contributed by atoms with E-state index in [1.807, 2.05) is 0 Å². The Balaban J connectivity index is 2.24. The lowest BCUT2D eigenvalue weighted by molar-refractivity contribution is -0.385. The van der Waals surface area contributed by atoms with Gasteiger partial charge in [-0.3, -0.25) is 10.1 Å². The molecule has 0 spiro atoms. The largest absolute Gasteiger partial charge is 0.477 e. The number of aromatic nitrogens is 1. The Labute approximate surface area is 102 Å². The number of nitro groups is 1. The molecular weight excluding hydrogens is 242 g/mol. The normalized spacial score (nSPS) is 18.6. The molecule has 18 heavy (non-hydrogen) atoms. The lowest BCUT2D eigenvalue weighted by atomic mass is 10.2. The highest BCUT2D eigenvalue weighted by molar-refractivity contribution is 5.93. The van der Waals surface area contributed by atoms with E-state index in [0.29, 0.717) is 19.0 Å². The van der Waals surface area contributed by atoms with Gasteiger partial charge in [0.1, 0.15) is 17.6 Å². The van der Waals surface area contributed by atoms with Crippen LogP contribution >= 0.6 is 0 Å². The van der Waals surface area contributed by atoms with Gasteiger partial charge in [-0.25, -0.2) is 9.78 Å². The number of carbonyl (C=O) groups is 1. The number of aromatic carboxylic acids is 1. The van der Waals surface area contributed by atoms with Gasteiger partial charge in [-0.05, 0) is 6.42 Å². The maximum absolute atomic E-state index is 10.9. The summed E-state index contributed by atoms with van der Waals surface area (Å²) >= 11 is 0. The highest BCUT2D eigenvalue weighted by Crippen LogP contribution is 2.21. The smallest absolute Gasteiger partial charge is 0.342 e. The average Bonchev–Trinajstić information content (AvgIpc) is 2.81. The van der Waals surface area contributed by atoms with E-state index in [1.165, 1.54) is 6.07 Å². The Bertz CT molecular complexity index is 484. The molecule has 2 heterocycles. The summed E-state index contributed by atoms with van der Waals surface area (Å²) in [5.74, 6) is -1.05. The van der Waals surface area contributed by atoms with E-state index in [4.69, 9.17) is 9.84 Å². The summed E-state index contributed by atoms with van der Waals surface area (Å²) in [5, 5.41) is 22.5. The molecule has 0 aliphatic carbocycles. The van der Waals surface area contributed by atoms with E-state index >= 15 is 0 Å². The predicted octanol–water partition coefficient (Wildman–Crippen LogP) is 0.889. The maximum Gasteiger partial charge on any atom is 0.342 e. The first kappa shape index (κ1) is 12.2. The van der Waals surface area contributed by atoms with Crippen molar-refractivity contribution in [3.8, 4) is 0 Å². The lowest BCUT2D eigenvalue weighted by Gasteiger charge is -2.11. The Kier molecular flexibility index (Phi) is 3.38.